The molecule has 8 heteroatoms. The molecule has 0 saturated carbocycles. The molecule has 0 fully saturated rings. The molecule has 2 rings (SSSR count). The van der Waals surface area contributed by atoms with Crippen LogP contribution in [0.25, 0.3) is 5.76 Å². The summed E-state index contributed by atoms with van der Waals surface area (Å²) >= 11 is 3.20. The minimum absolute atomic E-state index is 0.0276. The maximum Gasteiger partial charge on any atom is 0.456 e. The zero-order valence-electron chi connectivity index (χ0n) is 12.0. The molecule has 124 valence electrons. The fourth-order valence-electron chi connectivity index (χ4n) is 1.68. The van der Waals surface area contributed by atoms with Crippen LogP contribution in [-0.2, 0) is 4.79 Å². The van der Waals surface area contributed by atoms with Crippen molar-refractivity contribution in [3.05, 3.63) is 70.3 Å². The first-order valence-corrected chi connectivity index (χ1v) is 7.36. The van der Waals surface area contributed by atoms with Crippen molar-refractivity contribution in [3.8, 4) is 0 Å². The van der Waals surface area contributed by atoms with Crippen LogP contribution in [0, 0.1) is 0 Å². The quantitative estimate of drug-likeness (QED) is 0.414. The topological polar surface area (TPSA) is 62.0 Å². The molecular weight excluding hydrogens is 389 g/mol. The van der Waals surface area contributed by atoms with Crippen molar-refractivity contribution >= 4 is 33.2 Å². The molecule has 0 unspecified atom stereocenters. The summed E-state index contributed by atoms with van der Waals surface area (Å²) in [4.78, 5) is 11.6. The minimum atomic E-state index is -5.18. The Morgan fingerprint density at radius 1 is 1.00 bits per heavy atom. The Labute approximate surface area is 143 Å². The third kappa shape index (κ3) is 4.51. The van der Waals surface area contributed by atoms with Gasteiger partial charge in [-0.25, -0.2) is 0 Å². The Balaban J connectivity index is 2.47. The first kappa shape index (κ1) is 17.9. The number of nitrogens with zero attached hydrogens (tertiary/aromatic N) is 2. The van der Waals surface area contributed by atoms with E-state index >= 15 is 0 Å². The van der Waals surface area contributed by atoms with Crippen LogP contribution in [0.3, 0.4) is 0 Å². The van der Waals surface area contributed by atoms with Gasteiger partial charge in [0.1, 0.15) is 0 Å². The molecule has 0 bridgehead atoms. The molecule has 2 aromatic rings. The maximum absolute atomic E-state index is 12.8. The van der Waals surface area contributed by atoms with E-state index in [2.05, 4.69) is 26.2 Å². The number of allylic oxidation sites excluding steroid dienone is 1. The summed E-state index contributed by atoms with van der Waals surface area (Å²) in [7, 11) is 0. The van der Waals surface area contributed by atoms with E-state index in [9.17, 15) is 23.1 Å². The lowest BCUT2D eigenvalue weighted by molar-refractivity contribution is -0.166. The van der Waals surface area contributed by atoms with Gasteiger partial charge in [0.25, 0.3) is 5.78 Å². The van der Waals surface area contributed by atoms with E-state index < -0.39 is 23.4 Å². The molecule has 0 aliphatic carbocycles. The van der Waals surface area contributed by atoms with Gasteiger partial charge >= 0.3 is 6.18 Å². The summed E-state index contributed by atoms with van der Waals surface area (Å²) in [6, 6.07) is 13.5. The number of halogens is 4. The SMILES string of the molecule is O=C(/C(N=Nc1ccc(Br)cc1)=C(/O)c1ccccc1)C(F)(F)F. The van der Waals surface area contributed by atoms with E-state index in [1.54, 1.807) is 18.2 Å². The van der Waals surface area contributed by atoms with Gasteiger partial charge in [-0.2, -0.15) is 18.3 Å². The van der Waals surface area contributed by atoms with Gasteiger partial charge < -0.3 is 5.11 Å². The molecule has 0 aliphatic heterocycles. The second kappa shape index (κ2) is 7.39. The summed E-state index contributed by atoms with van der Waals surface area (Å²) in [5, 5.41) is 17.0. The van der Waals surface area contributed by atoms with Crippen molar-refractivity contribution in [2.45, 2.75) is 6.18 Å². The zero-order valence-corrected chi connectivity index (χ0v) is 13.5. The zero-order chi connectivity index (χ0) is 17.7. The van der Waals surface area contributed by atoms with Crippen LogP contribution < -0.4 is 0 Å². The van der Waals surface area contributed by atoms with Gasteiger partial charge in [-0.1, -0.05) is 46.3 Å². The largest absolute Gasteiger partial charge is 0.505 e. The van der Waals surface area contributed by atoms with Crippen molar-refractivity contribution in [1.82, 2.24) is 0 Å². The molecule has 1 N–H and O–H groups in total. The lowest BCUT2D eigenvalue weighted by Gasteiger charge is -2.08. The number of rotatable bonds is 4. The average molecular weight is 399 g/mol. The third-order valence-corrected chi connectivity index (χ3v) is 3.36. The standard InChI is InChI=1S/C16H10BrF3N2O2/c17-11-6-8-12(9-7-11)21-22-13(15(24)16(18,19)20)14(23)10-4-2-1-3-5-10/h1-9,23H/b14-13-,22-21?. The molecule has 4 nitrogen and oxygen atoms in total. The van der Waals surface area contributed by atoms with Gasteiger partial charge in [0.2, 0.25) is 0 Å². The number of carbonyl (C=O) groups excluding carboxylic acids is 1. The molecule has 0 amide bonds. The molecule has 0 aromatic heterocycles. The van der Waals surface area contributed by atoms with Gasteiger partial charge in [-0.05, 0) is 24.3 Å². The van der Waals surface area contributed by atoms with Crippen molar-refractivity contribution in [1.29, 1.82) is 0 Å². The molecule has 0 atom stereocenters. The monoisotopic (exact) mass is 398 g/mol. The smallest absolute Gasteiger partial charge is 0.456 e. The number of benzene rings is 2. The highest BCUT2D eigenvalue weighted by molar-refractivity contribution is 9.10. The Bertz CT molecular complexity index is 785. The fraction of sp³-hybridized carbons (Fsp3) is 0.0625. The summed E-state index contributed by atoms with van der Waals surface area (Å²) < 4.78 is 39.0. The van der Waals surface area contributed by atoms with Crippen molar-refractivity contribution in [3.63, 3.8) is 0 Å². The molecule has 24 heavy (non-hydrogen) atoms. The second-order valence-corrected chi connectivity index (χ2v) is 5.48. The van der Waals surface area contributed by atoms with E-state index in [0.717, 1.165) is 4.47 Å². The fourth-order valence-corrected chi connectivity index (χ4v) is 1.95. The number of azo groups is 1. The number of hydrogen-bond acceptors (Lipinski definition) is 4. The van der Waals surface area contributed by atoms with E-state index in [-0.39, 0.29) is 11.3 Å². The second-order valence-electron chi connectivity index (χ2n) is 4.57. The Morgan fingerprint density at radius 2 is 1.58 bits per heavy atom. The summed E-state index contributed by atoms with van der Waals surface area (Å²) in [6.07, 6.45) is -5.18. The van der Waals surface area contributed by atoms with Crippen molar-refractivity contribution < 1.29 is 23.1 Å². The van der Waals surface area contributed by atoms with Crippen LogP contribution in [-0.4, -0.2) is 17.1 Å². The highest BCUT2D eigenvalue weighted by atomic mass is 79.9. The summed E-state index contributed by atoms with van der Waals surface area (Å²) in [5.41, 5.74) is -0.914. The molecule has 0 heterocycles. The highest BCUT2D eigenvalue weighted by Crippen LogP contribution is 2.28. The van der Waals surface area contributed by atoms with Crippen molar-refractivity contribution in [2.24, 2.45) is 10.2 Å². The number of alkyl halides is 3. The predicted octanol–water partition coefficient (Wildman–Crippen LogP) is 5.59. The lowest BCUT2D eigenvalue weighted by atomic mass is 10.1. The number of aliphatic hydroxyl groups excluding tert-OH is 1. The Morgan fingerprint density at radius 3 is 2.12 bits per heavy atom. The number of Topliss-reactive ketones (excluding diaryl/α,β-unsaturated/α-hetero) is 1. The molecule has 0 radical (unpaired) electrons. The van der Waals surface area contributed by atoms with E-state index in [0.29, 0.717) is 0 Å². The molecule has 0 saturated heterocycles. The number of ketones is 1. The van der Waals surface area contributed by atoms with E-state index in [1.165, 1.54) is 36.4 Å². The normalized spacial score (nSPS) is 13.0. The summed E-state index contributed by atoms with van der Waals surface area (Å²) in [5.74, 6) is -3.16. The van der Waals surface area contributed by atoms with Gasteiger partial charge in [0.05, 0.1) is 5.69 Å². The van der Waals surface area contributed by atoms with Crippen molar-refractivity contribution in [2.75, 3.05) is 0 Å². The van der Waals surface area contributed by atoms with Crippen LogP contribution in [0.5, 0.6) is 0 Å². The first-order chi connectivity index (χ1) is 11.3. The number of hydrogen-bond donors (Lipinski definition) is 1. The van der Waals surface area contributed by atoms with E-state index in [4.69, 9.17) is 0 Å². The third-order valence-electron chi connectivity index (χ3n) is 2.84. The summed E-state index contributed by atoms with van der Waals surface area (Å²) in [6.45, 7) is 0. The minimum Gasteiger partial charge on any atom is -0.505 e. The Hall–Kier alpha value is -2.48. The van der Waals surface area contributed by atoms with Crippen LogP contribution in [0.4, 0.5) is 18.9 Å². The predicted molar refractivity (Wildman–Crippen MR) is 85.7 cm³/mol. The molecule has 0 spiro atoms. The number of carbonyl (C=O) groups is 1. The van der Waals surface area contributed by atoms with Gasteiger partial charge in [-0.15, -0.1) is 5.11 Å². The van der Waals surface area contributed by atoms with Gasteiger partial charge in [-0.3, -0.25) is 4.79 Å². The van der Waals surface area contributed by atoms with Crippen LogP contribution in [0.2, 0.25) is 0 Å². The van der Waals surface area contributed by atoms with E-state index in [1.807, 2.05) is 0 Å². The number of aliphatic hydroxyl groups is 1. The Kier molecular flexibility index (Phi) is 5.50. The first-order valence-electron chi connectivity index (χ1n) is 6.56. The maximum atomic E-state index is 12.8. The molecule has 0 aliphatic rings. The van der Waals surface area contributed by atoms with Crippen LogP contribution in [0.15, 0.2) is 75.0 Å². The van der Waals surface area contributed by atoms with Gasteiger partial charge in [0.15, 0.2) is 11.5 Å². The van der Waals surface area contributed by atoms with Crippen LogP contribution >= 0.6 is 15.9 Å². The van der Waals surface area contributed by atoms with Gasteiger partial charge in [0, 0.05) is 10.0 Å². The lowest BCUT2D eigenvalue weighted by Crippen LogP contribution is -2.24. The molecular formula is C16H10BrF3N2O2. The highest BCUT2D eigenvalue weighted by Gasteiger charge is 2.43. The molecule has 2 aromatic carbocycles. The average Bonchev–Trinajstić information content (AvgIpc) is 2.56. The van der Waals surface area contributed by atoms with Crippen LogP contribution in [0.1, 0.15) is 5.56 Å².